The van der Waals surface area contributed by atoms with Crippen molar-refractivity contribution in [2.45, 2.75) is 52.4 Å². The molecule has 0 heterocycles. The highest BCUT2D eigenvalue weighted by Gasteiger charge is 2.20. The number of carbonyl (C=O) groups is 1. The number of hydrogen-bond acceptors (Lipinski definition) is 4. The van der Waals surface area contributed by atoms with Crippen LogP contribution in [-0.2, 0) is 25.6 Å². The van der Waals surface area contributed by atoms with E-state index in [4.69, 9.17) is 14.2 Å². The van der Waals surface area contributed by atoms with Crippen LogP contribution in [0.1, 0.15) is 51.3 Å². The summed E-state index contributed by atoms with van der Waals surface area (Å²) in [5.74, 6) is -0.163. The van der Waals surface area contributed by atoms with Crippen LogP contribution in [0.2, 0.25) is 0 Å². The third-order valence-corrected chi connectivity index (χ3v) is 4.26. The Bertz CT molecular complexity index is 747. The van der Waals surface area contributed by atoms with Crippen LogP contribution in [0.15, 0.2) is 72.8 Å². The van der Waals surface area contributed by atoms with Gasteiger partial charge in [-0.3, -0.25) is 0 Å². The van der Waals surface area contributed by atoms with Crippen molar-refractivity contribution in [3.63, 3.8) is 0 Å². The average molecular weight is 397 g/mol. The number of esters is 1. The smallest absolute Gasteiger partial charge is 0.330 e. The lowest BCUT2D eigenvalue weighted by Crippen LogP contribution is -2.22. The second kappa shape index (κ2) is 11.5. The van der Waals surface area contributed by atoms with Crippen LogP contribution in [0, 0.1) is 5.92 Å². The third-order valence-electron chi connectivity index (χ3n) is 4.26. The predicted octanol–water partition coefficient (Wildman–Crippen LogP) is 5.84. The molecule has 0 unspecified atom stereocenters. The molecule has 0 spiro atoms. The average Bonchev–Trinajstić information content (AvgIpc) is 2.68. The van der Waals surface area contributed by atoms with Crippen LogP contribution in [0.4, 0.5) is 0 Å². The van der Waals surface area contributed by atoms with Crippen molar-refractivity contribution >= 4 is 5.97 Å². The van der Waals surface area contributed by atoms with Gasteiger partial charge in [0, 0.05) is 6.08 Å². The van der Waals surface area contributed by atoms with Gasteiger partial charge < -0.3 is 14.2 Å². The highest BCUT2D eigenvalue weighted by atomic mass is 16.7. The summed E-state index contributed by atoms with van der Waals surface area (Å²) in [6, 6.07) is 20.1. The highest BCUT2D eigenvalue weighted by Crippen LogP contribution is 2.28. The molecule has 0 aromatic heterocycles. The zero-order chi connectivity index (χ0) is 21.1. The number of carbonyl (C=O) groups excluding carboxylic acids is 1. The van der Waals surface area contributed by atoms with Crippen molar-refractivity contribution in [2.24, 2.45) is 5.92 Å². The van der Waals surface area contributed by atoms with E-state index >= 15 is 0 Å². The lowest BCUT2D eigenvalue weighted by molar-refractivity contribution is -0.148. The van der Waals surface area contributed by atoms with Crippen LogP contribution in [0.3, 0.4) is 0 Å². The molecule has 0 N–H and O–H groups in total. The summed E-state index contributed by atoms with van der Waals surface area (Å²) in [5.41, 5.74) is 1.72. The van der Waals surface area contributed by atoms with Crippen LogP contribution in [0.25, 0.3) is 0 Å². The van der Waals surface area contributed by atoms with E-state index in [1.54, 1.807) is 0 Å². The maximum absolute atomic E-state index is 11.9. The predicted molar refractivity (Wildman–Crippen MR) is 115 cm³/mol. The molecule has 0 bridgehead atoms. The first-order valence-electron chi connectivity index (χ1n) is 10.0. The third kappa shape index (κ3) is 9.07. The topological polar surface area (TPSA) is 44.8 Å². The molecule has 2 aromatic rings. The summed E-state index contributed by atoms with van der Waals surface area (Å²) in [6.07, 6.45) is 3.91. The quantitative estimate of drug-likeness (QED) is 0.219. The Labute approximate surface area is 174 Å². The van der Waals surface area contributed by atoms with Gasteiger partial charge in [0.2, 0.25) is 0 Å². The van der Waals surface area contributed by atoms with Gasteiger partial charge in [-0.15, -0.1) is 0 Å². The lowest BCUT2D eigenvalue weighted by atomic mass is 9.94. The number of allylic oxidation sites excluding steroid dienone is 1. The van der Waals surface area contributed by atoms with E-state index < -0.39 is 5.60 Å². The molecular weight excluding hydrogens is 364 g/mol. The molecule has 2 atom stereocenters. The minimum absolute atomic E-state index is 0.129. The van der Waals surface area contributed by atoms with Gasteiger partial charge in [-0.25, -0.2) is 4.79 Å². The van der Waals surface area contributed by atoms with E-state index in [-0.39, 0.29) is 24.8 Å². The molecule has 0 saturated heterocycles. The van der Waals surface area contributed by atoms with E-state index in [9.17, 15) is 4.79 Å². The molecule has 29 heavy (non-hydrogen) atoms. The molecule has 4 heteroatoms. The fraction of sp³-hybridized carbons (Fsp3) is 0.400. The molecule has 0 amide bonds. The lowest BCUT2D eigenvalue weighted by Gasteiger charge is -2.24. The van der Waals surface area contributed by atoms with Crippen molar-refractivity contribution in [1.29, 1.82) is 0 Å². The van der Waals surface area contributed by atoms with Crippen molar-refractivity contribution in [1.82, 2.24) is 0 Å². The molecule has 0 fully saturated rings. The fourth-order valence-corrected chi connectivity index (χ4v) is 2.93. The molecule has 4 nitrogen and oxygen atoms in total. The first kappa shape index (κ1) is 22.9. The summed E-state index contributed by atoms with van der Waals surface area (Å²) >= 11 is 0. The molecule has 0 aliphatic heterocycles. The van der Waals surface area contributed by atoms with E-state index in [0.717, 1.165) is 11.1 Å². The zero-order valence-corrected chi connectivity index (χ0v) is 17.8. The van der Waals surface area contributed by atoms with Gasteiger partial charge in [0.1, 0.15) is 12.4 Å². The van der Waals surface area contributed by atoms with E-state index in [1.165, 1.54) is 6.08 Å². The first-order valence-corrected chi connectivity index (χ1v) is 10.0. The number of ether oxygens (including phenoxy) is 3. The van der Waals surface area contributed by atoms with Gasteiger partial charge >= 0.3 is 5.97 Å². The molecule has 2 aromatic carbocycles. The Hall–Kier alpha value is -2.43. The Morgan fingerprint density at radius 3 is 2.24 bits per heavy atom. The van der Waals surface area contributed by atoms with Crippen molar-refractivity contribution in [3.8, 4) is 0 Å². The number of hydrogen-bond donors (Lipinski definition) is 0. The second-order valence-corrected chi connectivity index (χ2v) is 8.10. The summed E-state index contributed by atoms with van der Waals surface area (Å²) < 4.78 is 17.1. The van der Waals surface area contributed by atoms with Gasteiger partial charge in [0.05, 0.1) is 12.7 Å². The normalized spacial score (nSPS) is 13.9. The maximum Gasteiger partial charge on any atom is 0.330 e. The standard InChI is InChI=1S/C25H32O4/c1-20(12-11-17-23(26)29-25(2,3)4)24(22-15-9-6-10-16-22)28-19-27-18-21-13-7-5-8-14-21/h5-11,13-17,20,24H,12,18-19H2,1-4H3/b17-11+/t20-,24-/m0/s1. The highest BCUT2D eigenvalue weighted by molar-refractivity contribution is 5.82. The van der Waals surface area contributed by atoms with Crippen LogP contribution in [0.5, 0.6) is 0 Å². The summed E-state index contributed by atoms with van der Waals surface area (Å²) in [7, 11) is 0. The van der Waals surface area contributed by atoms with Crippen molar-refractivity contribution in [3.05, 3.63) is 83.9 Å². The van der Waals surface area contributed by atoms with Crippen LogP contribution >= 0.6 is 0 Å². The number of rotatable bonds is 10. The van der Waals surface area contributed by atoms with E-state index in [0.29, 0.717) is 13.0 Å². The maximum atomic E-state index is 11.9. The molecule has 156 valence electrons. The van der Waals surface area contributed by atoms with Crippen LogP contribution in [-0.4, -0.2) is 18.4 Å². The van der Waals surface area contributed by atoms with Gasteiger partial charge in [0.25, 0.3) is 0 Å². The minimum Gasteiger partial charge on any atom is -0.457 e. The monoisotopic (exact) mass is 396 g/mol. The molecule has 0 aliphatic carbocycles. The summed E-state index contributed by atoms with van der Waals surface area (Å²) in [4.78, 5) is 11.9. The molecular formula is C25H32O4. The van der Waals surface area contributed by atoms with Gasteiger partial charge in [-0.1, -0.05) is 73.7 Å². The Morgan fingerprint density at radius 2 is 1.62 bits per heavy atom. The second-order valence-electron chi connectivity index (χ2n) is 8.10. The number of benzene rings is 2. The van der Waals surface area contributed by atoms with Gasteiger partial charge in [0.15, 0.2) is 0 Å². The Balaban J connectivity index is 1.90. The summed E-state index contributed by atoms with van der Waals surface area (Å²) in [6.45, 7) is 8.39. The van der Waals surface area contributed by atoms with E-state index in [2.05, 4.69) is 19.1 Å². The van der Waals surface area contributed by atoms with Gasteiger partial charge in [-0.05, 0) is 44.2 Å². The fourth-order valence-electron chi connectivity index (χ4n) is 2.93. The molecule has 0 aliphatic rings. The zero-order valence-electron chi connectivity index (χ0n) is 17.8. The van der Waals surface area contributed by atoms with Crippen LogP contribution < -0.4 is 0 Å². The molecule has 0 saturated carbocycles. The Morgan fingerprint density at radius 1 is 1.00 bits per heavy atom. The molecule has 0 radical (unpaired) electrons. The van der Waals surface area contributed by atoms with Crippen molar-refractivity contribution < 1.29 is 19.0 Å². The first-order chi connectivity index (χ1) is 13.8. The SMILES string of the molecule is C[C@@H](C/C=C/C(=O)OC(C)(C)C)[C@H](OCOCc1ccccc1)c1ccccc1. The largest absolute Gasteiger partial charge is 0.457 e. The molecule has 2 rings (SSSR count). The van der Waals surface area contributed by atoms with Crippen molar-refractivity contribution in [2.75, 3.05) is 6.79 Å². The van der Waals surface area contributed by atoms with E-state index in [1.807, 2.05) is 75.4 Å². The minimum atomic E-state index is -0.487. The van der Waals surface area contributed by atoms with Gasteiger partial charge in [-0.2, -0.15) is 0 Å². The summed E-state index contributed by atoms with van der Waals surface area (Å²) in [5, 5.41) is 0. The Kier molecular flexibility index (Phi) is 9.10.